The van der Waals surface area contributed by atoms with Gasteiger partial charge in [0.25, 0.3) is 0 Å². The molecule has 0 radical (unpaired) electrons. The molecule has 0 spiro atoms. The Morgan fingerprint density at radius 2 is 1.58 bits per heavy atom. The van der Waals surface area contributed by atoms with Crippen molar-refractivity contribution < 1.29 is 13.2 Å². The predicted molar refractivity (Wildman–Crippen MR) is 134 cm³/mol. The highest BCUT2D eigenvalue weighted by Crippen LogP contribution is 2.34. The predicted octanol–water partition coefficient (Wildman–Crippen LogP) is 6.88. The molecule has 0 bridgehead atoms. The summed E-state index contributed by atoms with van der Waals surface area (Å²) in [7, 11) is -0.481. The molecule has 4 nitrogen and oxygen atoms in total. The van der Waals surface area contributed by atoms with Crippen molar-refractivity contribution in [2.45, 2.75) is 49.5 Å². The first-order valence-corrected chi connectivity index (χ1v) is 13.2. The summed E-state index contributed by atoms with van der Waals surface area (Å²) in [5.74, 6) is 1.43. The lowest BCUT2D eigenvalue weighted by Gasteiger charge is -2.22. The van der Waals surface area contributed by atoms with Crippen LogP contribution in [-0.4, -0.2) is 26.8 Å². The number of benzene rings is 3. The Balaban J connectivity index is 1.59. The van der Waals surface area contributed by atoms with E-state index in [0.717, 1.165) is 22.4 Å². The number of halogens is 1. The van der Waals surface area contributed by atoms with Crippen molar-refractivity contribution in [2.24, 2.45) is 0 Å². The van der Waals surface area contributed by atoms with Crippen LogP contribution >= 0.6 is 11.6 Å². The minimum atomic E-state index is -3.55. The van der Waals surface area contributed by atoms with Crippen molar-refractivity contribution in [3.8, 4) is 16.9 Å². The van der Waals surface area contributed by atoms with Crippen molar-refractivity contribution in [1.82, 2.24) is 4.31 Å². The zero-order chi connectivity index (χ0) is 23.4. The largest absolute Gasteiger partial charge is 0.489 e. The normalized spacial score (nSPS) is 15.0. The summed E-state index contributed by atoms with van der Waals surface area (Å²) in [5.41, 5.74) is 4.06. The highest BCUT2D eigenvalue weighted by molar-refractivity contribution is 7.89. The molecule has 0 saturated heterocycles. The topological polar surface area (TPSA) is 46.6 Å². The summed E-state index contributed by atoms with van der Waals surface area (Å²) in [6.45, 7) is 0.261. The number of ether oxygens (including phenoxy) is 1. The Morgan fingerprint density at radius 3 is 2.21 bits per heavy atom. The van der Waals surface area contributed by atoms with Crippen LogP contribution in [0.25, 0.3) is 11.1 Å². The molecule has 3 aromatic carbocycles. The van der Waals surface area contributed by atoms with E-state index in [-0.39, 0.29) is 11.5 Å². The molecule has 0 aliphatic heterocycles. The monoisotopic (exact) mass is 483 g/mol. The maximum atomic E-state index is 12.7. The highest BCUT2D eigenvalue weighted by Gasteiger charge is 2.20. The standard InChI is InChI=1S/C27H30ClNO3S/c1-29(2)33(30,31)26-16-17-27(22-8-12-24(28)13-9-22)23(18-26)19-32-25-14-10-21(11-15-25)20-6-4-3-5-7-20/h8-18,20H,3-7,19H2,1-2H3. The van der Waals surface area contributed by atoms with Crippen LogP contribution in [0, 0.1) is 0 Å². The van der Waals surface area contributed by atoms with E-state index < -0.39 is 10.0 Å². The first-order valence-electron chi connectivity index (χ1n) is 11.4. The first-order chi connectivity index (χ1) is 15.8. The molecule has 0 unspecified atom stereocenters. The van der Waals surface area contributed by atoms with Crippen LogP contribution in [-0.2, 0) is 16.6 Å². The Kier molecular flexibility index (Phi) is 7.42. The van der Waals surface area contributed by atoms with Crippen molar-refractivity contribution in [3.63, 3.8) is 0 Å². The second kappa shape index (κ2) is 10.3. The van der Waals surface area contributed by atoms with Gasteiger partial charge in [-0.25, -0.2) is 12.7 Å². The summed E-state index contributed by atoms with van der Waals surface area (Å²) in [4.78, 5) is 0.247. The Hall–Kier alpha value is -2.34. The smallest absolute Gasteiger partial charge is 0.242 e. The van der Waals surface area contributed by atoms with Crippen LogP contribution in [0.1, 0.15) is 49.1 Å². The number of nitrogens with zero attached hydrogens (tertiary/aromatic N) is 1. The van der Waals surface area contributed by atoms with Crippen LogP contribution in [0.15, 0.2) is 71.6 Å². The molecule has 1 saturated carbocycles. The molecule has 33 heavy (non-hydrogen) atoms. The third-order valence-electron chi connectivity index (χ3n) is 6.36. The van der Waals surface area contributed by atoms with E-state index in [4.69, 9.17) is 16.3 Å². The molecular weight excluding hydrogens is 454 g/mol. The lowest BCUT2D eigenvalue weighted by molar-refractivity contribution is 0.306. The van der Waals surface area contributed by atoms with E-state index in [1.165, 1.54) is 56.1 Å². The van der Waals surface area contributed by atoms with Crippen LogP contribution in [0.5, 0.6) is 5.75 Å². The SMILES string of the molecule is CN(C)S(=O)(=O)c1ccc(-c2ccc(Cl)cc2)c(COc2ccc(C3CCCCC3)cc2)c1. The molecule has 1 aliphatic rings. The van der Waals surface area contributed by atoms with Gasteiger partial charge in [0.15, 0.2) is 0 Å². The Bertz CT molecular complexity index is 1180. The van der Waals surface area contributed by atoms with Gasteiger partial charge in [-0.2, -0.15) is 0 Å². The fourth-order valence-electron chi connectivity index (χ4n) is 4.41. The molecule has 0 amide bonds. The van der Waals surface area contributed by atoms with Crippen LogP contribution in [0.3, 0.4) is 0 Å². The summed E-state index contributed by atoms with van der Waals surface area (Å²) in [5, 5.41) is 0.654. The average Bonchev–Trinajstić information content (AvgIpc) is 2.84. The highest BCUT2D eigenvalue weighted by atomic mass is 35.5. The molecular formula is C27H30ClNO3S. The molecule has 1 aliphatic carbocycles. The summed E-state index contributed by atoms with van der Waals surface area (Å²) < 4.78 is 32.7. The van der Waals surface area contributed by atoms with E-state index in [0.29, 0.717) is 10.9 Å². The minimum absolute atomic E-state index is 0.247. The molecule has 0 aromatic heterocycles. The summed E-state index contributed by atoms with van der Waals surface area (Å²) >= 11 is 6.06. The fourth-order valence-corrected chi connectivity index (χ4v) is 5.48. The fraction of sp³-hybridized carbons (Fsp3) is 0.333. The molecule has 1 fully saturated rings. The van der Waals surface area contributed by atoms with Crippen molar-refractivity contribution >= 4 is 21.6 Å². The zero-order valence-electron chi connectivity index (χ0n) is 19.1. The quantitative estimate of drug-likeness (QED) is 0.367. The number of hydrogen-bond donors (Lipinski definition) is 0. The van der Waals surface area contributed by atoms with Crippen LogP contribution in [0.2, 0.25) is 5.02 Å². The van der Waals surface area contributed by atoms with E-state index in [2.05, 4.69) is 12.1 Å². The van der Waals surface area contributed by atoms with Gasteiger partial charge in [-0.3, -0.25) is 0 Å². The Labute approximate surface area is 202 Å². The van der Waals surface area contributed by atoms with Crippen molar-refractivity contribution in [3.05, 3.63) is 82.9 Å². The van der Waals surface area contributed by atoms with Gasteiger partial charge in [-0.1, -0.05) is 61.2 Å². The van der Waals surface area contributed by atoms with E-state index in [1.54, 1.807) is 12.1 Å². The van der Waals surface area contributed by atoms with E-state index in [9.17, 15) is 8.42 Å². The molecule has 0 atom stereocenters. The molecule has 0 N–H and O–H groups in total. The molecule has 4 rings (SSSR count). The number of sulfonamides is 1. The molecule has 174 valence electrons. The minimum Gasteiger partial charge on any atom is -0.489 e. The van der Waals surface area contributed by atoms with Gasteiger partial charge in [-0.15, -0.1) is 0 Å². The average molecular weight is 484 g/mol. The van der Waals surface area contributed by atoms with Gasteiger partial charge in [-0.05, 0) is 77.4 Å². The molecule has 3 aromatic rings. The van der Waals surface area contributed by atoms with Crippen LogP contribution in [0.4, 0.5) is 0 Å². The van der Waals surface area contributed by atoms with Gasteiger partial charge < -0.3 is 4.74 Å². The summed E-state index contributed by atoms with van der Waals surface area (Å²) in [6.07, 6.45) is 6.48. The third-order valence-corrected chi connectivity index (χ3v) is 8.42. The van der Waals surface area contributed by atoms with Gasteiger partial charge in [0.05, 0.1) is 4.90 Å². The molecule has 6 heteroatoms. The van der Waals surface area contributed by atoms with Gasteiger partial charge in [0.1, 0.15) is 12.4 Å². The second-order valence-electron chi connectivity index (χ2n) is 8.81. The van der Waals surface area contributed by atoms with Crippen molar-refractivity contribution in [2.75, 3.05) is 14.1 Å². The lowest BCUT2D eigenvalue weighted by Crippen LogP contribution is -2.22. The maximum Gasteiger partial charge on any atom is 0.242 e. The zero-order valence-corrected chi connectivity index (χ0v) is 20.7. The van der Waals surface area contributed by atoms with E-state index >= 15 is 0 Å². The number of rotatable bonds is 7. The number of hydrogen-bond acceptors (Lipinski definition) is 3. The van der Waals surface area contributed by atoms with Crippen molar-refractivity contribution in [1.29, 1.82) is 0 Å². The van der Waals surface area contributed by atoms with Crippen LogP contribution < -0.4 is 4.74 Å². The lowest BCUT2D eigenvalue weighted by atomic mass is 9.84. The second-order valence-corrected chi connectivity index (χ2v) is 11.4. The first kappa shape index (κ1) is 23.8. The van der Waals surface area contributed by atoms with E-state index in [1.807, 2.05) is 42.5 Å². The third kappa shape index (κ3) is 5.60. The Morgan fingerprint density at radius 1 is 0.909 bits per heavy atom. The maximum absolute atomic E-state index is 12.7. The molecule has 0 heterocycles. The van der Waals surface area contributed by atoms with Gasteiger partial charge >= 0.3 is 0 Å². The van der Waals surface area contributed by atoms with Gasteiger partial charge in [0, 0.05) is 19.1 Å². The van der Waals surface area contributed by atoms with Gasteiger partial charge in [0.2, 0.25) is 10.0 Å². The summed E-state index contributed by atoms with van der Waals surface area (Å²) in [6, 6.07) is 21.1.